The molecule has 7 heteroatoms. The zero-order valence-corrected chi connectivity index (χ0v) is 14.8. The number of rotatable bonds is 3. The molecule has 0 radical (unpaired) electrons. The van der Waals surface area contributed by atoms with E-state index in [0.29, 0.717) is 35.7 Å². The number of hydrogen-bond donors (Lipinski definition) is 1. The molecule has 25 heavy (non-hydrogen) atoms. The Kier molecular flexibility index (Phi) is 4.11. The highest BCUT2D eigenvalue weighted by Gasteiger charge is 2.50. The first-order valence-corrected chi connectivity index (χ1v) is 9.41. The van der Waals surface area contributed by atoms with Crippen molar-refractivity contribution in [3.63, 3.8) is 0 Å². The van der Waals surface area contributed by atoms with Gasteiger partial charge in [-0.2, -0.15) is 0 Å². The van der Waals surface area contributed by atoms with E-state index >= 15 is 0 Å². The van der Waals surface area contributed by atoms with E-state index in [2.05, 4.69) is 27.0 Å². The van der Waals surface area contributed by atoms with Crippen LogP contribution in [0.25, 0.3) is 0 Å². The van der Waals surface area contributed by atoms with E-state index in [1.54, 1.807) is 11.8 Å². The average Bonchev–Trinajstić information content (AvgIpc) is 3.03. The van der Waals surface area contributed by atoms with E-state index in [9.17, 15) is 4.39 Å². The quantitative estimate of drug-likeness (QED) is 0.914. The van der Waals surface area contributed by atoms with Crippen LogP contribution in [-0.4, -0.2) is 34.0 Å². The molecular weight excluding hydrogens is 337 g/mol. The second-order valence-electron chi connectivity index (χ2n) is 6.45. The highest BCUT2D eigenvalue weighted by Crippen LogP contribution is 2.45. The number of benzene rings is 1. The smallest absolute Gasteiger partial charge is 0.225 e. The zero-order valence-electron chi connectivity index (χ0n) is 14.0. The number of aromatic nitrogens is 2. The average molecular weight is 357 g/mol. The van der Waals surface area contributed by atoms with Crippen molar-refractivity contribution in [2.24, 2.45) is 16.6 Å². The maximum absolute atomic E-state index is 13.8. The second-order valence-corrected chi connectivity index (χ2v) is 7.49. The van der Waals surface area contributed by atoms with Crippen LogP contribution in [0.1, 0.15) is 18.2 Å². The van der Waals surface area contributed by atoms with Gasteiger partial charge in [0.15, 0.2) is 11.0 Å². The minimum Gasteiger partial charge on any atom is -0.379 e. The lowest BCUT2D eigenvalue weighted by molar-refractivity contribution is 0.387. The van der Waals surface area contributed by atoms with Crippen molar-refractivity contribution in [1.82, 2.24) is 9.97 Å². The van der Waals surface area contributed by atoms with Crippen LogP contribution >= 0.6 is 11.8 Å². The summed E-state index contributed by atoms with van der Waals surface area (Å²) in [5.74, 6) is 1.44. The summed E-state index contributed by atoms with van der Waals surface area (Å²) in [5.41, 5.74) is 7.29. The molecule has 0 amide bonds. The number of halogens is 1. The van der Waals surface area contributed by atoms with E-state index in [0.717, 1.165) is 17.9 Å². The van der Waals surface area contributed by atoms with Crippen molar-refractivity contribution in [2.45, 2.75) is 18.9 Å². The standard InChI is InChI=1S/C18H20FN5S/c1-2-15-14(19)8-21-17(22-15)24-9-13-10-25-16(20)23-18(13,11-24)12-6-4-3-5-7-12/h3-8,13H,2,9-11H2,1H3,(H2,20,23). The van der Waals surface area contributed by atoms with Crippen LogP contribution in [0.5, 0.6) is 0 Å². The second kappa shape index (κ2) is 6.29. The molecule has 2 unspecified atom stereocenters. The van der Waals surface area contributed by atoms with Crippen molar-refractivity contribution in [3.8, 4) is 0 Å². The molecule has 0 aliphatic carbocycles. The molecule has 0 spiro atoms. The number of aryl methyl sites for hydroxylation is 1. The van der Waals surface area contributed by atoms with Crippen LogP contribution in [0.3, 0.4) is 0 Å². The van der Waals surface area contributed by atoms with Gasteiger partial charge in [-0.05, 0) is 12.0 Å². The fourth-order valence-electron chi connectivity index (χ4n) is 3.70. The summed E-state index contributed by atoms with van der Waals surface area (Å²) in [4.78, 5) is 15.6. The van der Waals surface area contributed by atoms with Gasteiger partial charge in [-0.3, -0.25) is 0 Å². The van der Waals surface area contributed by atoms with Gasteiger partial charge in [-0.1, -0.05) is 49.0 Å². The van der Waals surface area contributed by atoms with Crippen LogP contribution in [-0.2, 0) is 12.0 Å². The third-order valence-electron chi connectivity index (χ3n) is 4.99. The molecule has 130 valence electrons. The van der Waals surface area contributed by atoms with E-state index in [1.807, 2.05) is 25.1 Å². The van der Waals surface area contributed by atoms with Crippen LogP contribution < -0.4 is 10.6 Å². The fourth-order valence-corrected chi connectivity index (χ4v) is 4.68. The van der Waals surface area contributed by atoms with E-state index < -0.39 is 0 Å². The van der Waals surface area contributed by atoms with Gasteiger partial charge in [-0.15, -0.1) is 0 Å². The molecule has 1 fully saturated rings. The molecule has 1 aromatic carbocycles. The van der Waals surface area contributed by atoms with Gasteiger partial charge < -0.3 is 10.6 Å². The first-order chi connectivity index (χ1) is 12.1. The summed E-state index contributed by atoms with van der Waals surface area (Å²) in [5, 5.41) is 0.622. The molecule has 2 atom stereocenters. The Morgan fingerprint density at radius 2 is 2.16 bits per heavy atom. The van der Waals surface area contributed by atoms with Crippen molar-refractivity contribution in [3.05, 3.63) is 53.6 Å². The van der Waals surface area contributed by atoms with Crippen LogP contribution in [0.15, 0.2) is 41.5 Å². The number of nitrogens with zero attached hydrogens (tertiary/aromatic N) is 4. The Bertz CT molecular complexity index is 812. The minimum atomic E-state index is -0.388. The normalized spacial score (nSPS) is 25.6. The van der Waals surface area contributed by atoms with Gasteiger partial charge in [0.05, 0.1) is 18.4 Å². The van der Waals surface area contributed by atoms with Crippen LogP contribution in [0, 0.1) is 11.7 Å². The van der Waals surface area contributed by atoms with Crippen molar-refractivity contribution >= 4 is 22.9 Å². The lowest BCUT2D eigenvalue weighted by atomic mass is 9.82. The summed E-state index contributed by atoms with van der Waals surface area (Å²) in [6.07, 6.45) is 1.81. The van der Waals surface area contributed by atoms with Gasteiger partial charge >= 0.3 is 0 Å². The van der Waals surface area contributed by atoms with Crippen molar-refractivity contribution in [1.29, 1.82) is 0 Å². The SMILES string of the molecule is CCc1nc(N2CC3CSC(N)=NC3(c3ccccc3)C2)ncc1F. The number of amidine groups is 1. The molecular formula is C18H20FN5S. The lowest BCUT2D eigenvalue weighted by Gasteiger charge is -2.34. The van der Waals surface area contributed by atoms with E-state index in [-0.39, 0.29) is 11.4 Å². The number of anilines is 1. The highest BCUT2D eigenvalue weighted by molar-refractivity contribution is 8.13. The topological polar surface area (TPSA) is 67.4 Å². The first kappa shape index (κ1) is 16.3. The number of fused-ring (bicyclic) bond motifs is 1. The predicted molar refractivity (Wildman–Crippen MR) is 99.3 cm³/mol. The highest BCUT2D eigenvalue weighted by atomic mass is 32.2. The van der Waals surface area contributed by atoms with Gasteiger partial charge in [0, 0.05) is 18.2 Å². The summed E-state index contributed by atoms with van der Waals surface area (Å²) >= 11 is 1.60. The number of thioether (sulfide) groups is 1. The Labute approximate surface area is 150 Å². The number of hydrogen-bond acceptors (Lipinski definition) is 6. The van der Waals surface area contributed by atoms with Gasteiger partial charge in [0.1, 0.15) is 5.54 Å². The van der Waals surface area contributed by atoms with Gasteiger partial charge in [0.25, 0.3) is 0 Å². The molecule has 1 saturated heterocycles. The largest absolute Gasteiger partial charge is 0.379 e. The summed E-state index contributed by atoms with van der Waals surface area (Å²) < 4.78 is 13.8. The third kappa shape index (κ3) is 2.76. The Morgan fingerprint density at radius 1 is 1.36 bits per heavy atom. The minimum absolute atomic E-state index is 0.311. The van der Waals surface area contributed by atoms with Gasteiger partial charge in [0.2, 0.25) is 5.95 Å². The maximum atomic E-state index is 13.8. The third-order valence-corrected chi connectivity index (χ3v) is 5.94. The molecule has 2 aromatic rings. The first-order valence-electron chi connectivity index (χ1n) is 8.42. The fraction of sp³-hybridized carbons (Fsp3) is 0.389. The maximum Gasteiger partial charge on any atom is 0.225 e. The van der Waals surface area contributed by atoms with Gasteiger partial charge in [-0.25, -0.2) is 19.4 Å². The van der Waals surface area contributed by atoms with Crippen LogP contribution in [0.4, 0.5) is 10.3 Å². The molecule has 0 saturated carbocycles. The monoisotopic (exact) mass is 357 g/mol. The molecule has 5 nitrogen and oxygen atoms in total. The number of nitrogens with two attached hydrogens (primary N) is 1. The van der Waals surface area contributed by atoms with E-state index in [1.165, 1.54) is 6.20 Å². The molecule has 0 bridgehead atoms. The lowest BCUT2D eigenvalue weighted by Crippen LogP contribution is -2.40. The Morgan fingerprint density at radius 3 is 2.92 bits per heavy atom. The molecule has 3 heterocycles. The van der Waals surface area contributed by atoms with E-state index in [4.69, 9.17) is 10.7 Å². The zero-order chi connectivity index (χ0) is 17.4. The number of aliphatic imine (C=N–C) groups is 1. The predicted octanol–water partition coefficient (Wildman–Crippen LogP) is 2.57. The molecule has 2 N–H and O–H groups in total. The van der Waals surface area contributed by atoms with Crippen molar-refractivity contribution in [2.75, 3.05) is 23.7 Å². The Hall–Kier alpha value is -2.15. The summed E-state index contributed by atoms with van der Waals surface area (Å²) in [7, 11) is 0. The summed E-state index contributed by atoms with van der Waals surface area (Å²) in [6, 6.07) is 10.3. The Balaban J connectivity index is 1.74. The molecule has 1 aromatic heterocycles. The van der Waals surface area contributed by atoms with Crippen LogP contribution in [0.2, 0.25) is 0 Å². The molecule has 2 aliphatic rings. The molecule has 2 aliphatic heterocycles. The molecule has 4 rings (SSSR count). The van der Waals surface area contributed by atoms with Crippen molar-refractivity contribution < 1.29 is 4.39 Å². The summed E-state index contributed by atoms with van der Waals surface area (Å²) in [6.45, 7) is 3.33.